The smallest absolute Gasteiger partial charge is 0.188 e. The lowest BCUT2D eigenvalue weighted by atomic mass is 9.91. The predicted octanol–water partition coefficient (Wildman–Crippen LogP) is 1.56. The van der Waals surface area contributed by atoms with Crippen molar-refractivity contribution in [1.82, 2.24) is 5.32 Å². The Morgan fingerprint density at radius 2 is 2.36 bits per heavy atom. The van der Waals surface area contributed by atoms with Crippen molar-refractivity contribution in [2.45, 2.75) is 19.3 Å². The van der Waals surface area contributed by atoms with Crippen LogP contribution >= 0.6 is 11.3 Å². The zero-order valence-electron chi connectivity index (χ0n) is 8.87. The van der Waals surface area contributed by atoms with E-state index >= 15 is 0 Å². The molecule has 0 radical (unpaired) electrons. The van der Waals surface area contributed by atoms with Gasteiger partial charge in [-0.1, -0.05) is 19.9 Å². The topological polar surface area (TPSA) is 50.4 Å². The van der Waals surface area contributed by atoms with Gasteiger partial charge >= 0.3 is 0 Å². The van der Waals surface area contributed by atoms with Gasteiger partial charge in [0.2, 0.25) is 0 Å². The van der Waals surface area contributed by atoms with Crippen molar-refractivity contribution in [3.63, 3.8) is 0 Å². The van der Waals surface area contributed by atoms with Gasteiger partial charge in [0.05, 0.1) is 0 Å². The lowest BCUT2D eigenvalue weighted by Crippen LogP contribution is -2.40. The van der Waals surface area contributed by atoms with Gasteiger partial charge in [0.15, 0.2) is 5.96 Å². The highest BCUT2D eigenvalue weighted by atomic mass is 32.1. The molecular formula is C10H17N3S. The summed E-state index contributed by atoms with van der Waals surface area (Å²) in [7, 11) is 1.68. The van der Waals surface area contributed by atoms with Crippen LogP contribution in [0, 0.1) is 0 Å². The third kappa shape index (κ3) is 2.73. The maximum absolute atomic E-state index is 5.58. The fourth-order valence-corrected chi connectivity index (χ4v) is 1.99. The number of nitrogens with one attached hydrogen (secondary N) is 1. The lowest BCUT2D eigenvalue weighted by Gasteiger charge is -2.23. The van der Waals surface area contributed by atoms with Crippen LogP contribution < -0.4 is 11.1 Å². The van der Waals surface area contributed by atoms with E-state index < -0.39 is 0 Å². The number of nitrogens with zero attached hydrogens (tertiary/aromatic N) is 1. The molecule has 0 aliphatic carbocycles. The minimum atomic E-state index is 0.101. The van der Waals surface area contributed by atoms with Gasteiger partial charge in [-0.3, -0.25) is 4.99 Å². The molecule has 14 heavy (non-hydrogen) atoms. The minimum Gasteiger partial charge on any atom is -0.370 e. The van der Waals surface area contributed by atoms with Gasteiger partial charge in [-0.15, -0.1) is 11.3 Å². The van der Waals surface area contributed by atoms with Crippen molar-refractivity contribution >= 4 is 17.3 Å². The fourth-order valence-electron chi connectivity index (χ4n) is 1.14. The average Bonchev–Trinajstić information content (AvgIpc) is 2.67. The van der Waals surface area contributed by atoms with Gasteiger partial charge in [0, 0.05) is 23.9 Å². The molecule has 3 nitrogen and oxygen atoms in total. The maximum atomic E-state index is 5.58. The van der Waals surface area contributed by atoms with Crippen LogP contribution in [0.5, 0.6) is 0 Å². The van der Waals surface area contributed by atoms with Gasteiger partial charge < -0.3 is 11.1 Å². The first-order chi connectivity index (χ1) is 6.56. The third-order valence-corrected chi connectivity index (χ3v) is 3.38. The Morgan fingerprint density at radius 1 is 1.64 bits per heavy atom. The van der Waals surface area contributed by atoms with Crippen LogP contribution in [-0.2, 0) is 5.41 Å². The molecule has 0 unspecified atom stereocenters. The molecule has 1 aromatic heterocycles. The number of hydrogen-bond donors (Lipinski definition) is 2. The number of nitrogens with two attached hydrogens (primary N) is 1. The molecule has 0 spiro atoms. The Balaban J connectivity index is 2.59. The van der Waals surface area contributed by atoms with E-state index in [0.717, 1.165) is 6.54 Å². The molecule has 3 N–H and O–H groups in total. The van der Waals surface area contributed by atoms with Crippen LogP contribution in [0.15, 0.2) is 22.5 Å². The Morgan fingerprint density at radius 3 is 2.86 bits per heavy atom. The first-order valence-corrected chi connectivity index (χ1v) is 5.44. The zero-order chi connectivity index (χ0) is 10.6. The van der Waals surface area contributed by atoms with E-state index in [0.29, 0.717) is 5.96 Å². The van der Waals surface area contributed by atoms with Crippen molar-refractivity contribution in [1.29, 1.82) is 0 Å². The highest BCUT2D eigenvalue weighted by molar-refractivity contribution is 7.10. The Labute approximate surface area is 89.0 Å². The van der Waals surface area contributed by atoms with Crippen molar-refractivity contribution < 1.29 is 0 Å². The highest BCUT2D eigenvalue weighted by Crippen LogP contribution is 2.26. The van der Waals surface area contributed by atoms with Gasteiger partial charge in [0.1, 0.15) is 0 Å². The maximum Gasteiger partial charge on any atom is 0.188 e. The molecule has 78 valence electrons. The van der Waals surface area contributed by atoms with E-state index in [4.69, 9.17) is 5.73 Å². The Bertz CT molecular complexity index is 301. The second-order valence-corrected chi connectivity index (χ2v) is 4.77. The van der Waals surface area contributed by atoms with Crippen molar-refractivity contribution in [2.75, 3.05) is 13.6 Å². The first-order valence-electron chi connectivity index (χ1n) is 4.56. The number of thiophene rings is 1. The fraction of sp³-hybridized carbons (Fsp3) is 0.500. The third-order valence-electron chi connectivity index (χ3n) is 2.14. The van der Waals surface area contributed by atoms with Crippen molar-refractivity contribution in [2.24, 2.45) is 10.7 Å². The number of hydrogen-bond acceptors (Lipinski definition) is 2. The summed E-state index contributed by atoms with van der Waals surface area (Å²) in [5, 5.41) is 5.19. The quantitative estimate of drug-likeness (QED) is 0.589. The molecule has 0 aliphatic rings. The molecule has 0 aromatic carbocycles. The molecule has 0 bridgehead atoms. The molecule has 1 rings (SSSR count). The summed E-state index contributed by atoms with van der Waals surface area (Å²) in [6, 6.07) is 4.21. The second-order valence-electron chi connectivity index (χ2n) is 3.82. The summed E-state index contributed by atoms with van der Waals surface area (Å²) in [5.41, 5.74) is 5.68. The van der Waals surface area contributed by atoms with Crippen LogP contribution in [0.1, 0.15) is 18.7 Å². The predicted molar refractivity (Wildman–Crippen MR) is 62.9 cm³/mol. The van der Waals surface area contributed by atoms with Crippen LogP contribution in [0.4, 0.5) is 0 Å². The summed E-state index contributed by atoms with van der Waals surface area (Å²) in [5.74, 6) is 0.495. The molecule has 0 amide bonds. The molecule has 0 saturated carbocycles. The van der Waals surface area contributed by atoms with Gasteiger partial charge in [-0.25, -0.2) is 0 Å². The first kappa shape index (κ1) is 11.0. The Hall–Kier alpha value is -1.03. The summed E-state index contributed by atoms with van der Waals surface area (Å²) >= 11 is 1.77. The largest absolute Gasteiger partial charge is 0.370 e. The molecular weight excluding hydrogens is 194 g/mol. The second kappa shape index (κ2) is 4.46. The van der Waals surface area contributed by atoms with Crippen LogP contribution in [-0.4, -0.2) is 19.6 Å². The van der Waals surface area contributed by atoms with E-state index in [1.54, 1.807) is 18.4 Å². The van der Waals surface area contributed by atoms with Crippen molar-refractivity contribution in [3.05, 3.63) is 22.4 Å². The average molecular weight is 211 g/mol. The molecule has 0 saturated heterocycles. The molecule has 0 aliphatic heterocycles. The Kier molecular flexibility index (Phi) is 3.52. The molecule has 0 atom stereocenters. The molecule has 4 heteroatoms. The number of guanidine groups is 1. The van der Waals surface area contributed by atoms with Crippen LogP contribution in [0.25, 0.3) is 0 Å². The summed E-state index contributed by atoms with van der Waals surface area (Å²) < 4.78 is 0. The van der Waals surface area contributed by atoms with Crippen LogP contribution in [0.3, 0.4) is 0 Å². The van der Waals surface area contributed by atoms with Gasteiger partial charge in [-0.05, 0) is 11.4 Å². The normalized spacial score (nSPS) is 12.9. The monoisotopic (exact) mass is 211 g/mol. The SMILES string of the molecule is CN=C(N)NCC(C)(C)c1cccs1. The van der Waals surface area contributed by atoms with E-state index in [2.05, 4.69) is 41.7 Å². The van der Waals surface area contributed by atoms with Gasteiger partial charge in [-0.2, -0.15) is 0 Å². The summed E-state index contributed by atoms with van der Waals surface area (Å²) in [4.78, 5) is 5.22. The summed E-state index contributed by atoms with van der Waals surface area (Å²) in [6.07, 6.45) is 0. The standard InChI is InChI=1S/C10H17N3S/c1-10(2,7-13-9(11)12-3)8-5-4-6-14-8/h4-6H,7H2,1-3H3,(H3,11,12,13). The van der Waals surface area contributed by atoms with Crippen LogP contribution in [0.2, 0.25) is 0 Å². The lowest BCUT2D eigenvalue weighted by molar-refractivity contribution is 0.522. The minimum absolute atomic E-state index is 0.101. The van der Waals surface area contributed by atoms with Gasteiger partial charge in [0.25, 0.3) is 0 Å². The highest BCUT2D eigenvalue weighted by Gasteiger charge is 2.21. The molecule has 1 aromatic rings. The van der Waals surface area contributed by atoms with E-state index in [9.17, 15) is 0 Å². The molecule has 1 heterocycles. The van der Waals surface area contributed by atoms with E-state index in [1.165, 1.54) is 4.88 Å². The summed E-state index contributed by atoms with van der Waals surface area (Å²) in [6.45, 7) is 5.18. The van der Waals surface area contributed by atoms with Crippen molar-refractivity contribution in [3.8, 4) is 0 Å². The number of aliphatic imine (C=N–C) groups is 1. The number of rotatable bonds is 3. The van der Waals surface area contributed by atoms with E-state index in [-0.39, 0.29) is 5.41 Å². The zero-order valence-corrected chi connectivity index (χ0v) is 9.69. The van der Waals surface area contributed by atoms with E-state index in [1.807, 2.05) is 0 Å². The molecule has 0 fully saturated rings.